The van der Waals surface area contributed by atoms with Crippen LogP contribution in [0.2, 0.25) is 0 Å². The smallest absolute Gasteiger partial charge is 0.165 e. The van der Waals surface area contributed by atoms with E-state index in [1.807, 2.05) is 6.07 Å². The van der Waals surface area contributed by atoms with Gasteiger partial charge in [0, 0.05) is 25.3 Å². The van der Waals surface area contributed by atoms with Crippen LogP contribution < -0.4 is 4.74 Å². The Morgan fingerprint density at radius 1 is 0.725 bits per heavy atom. The maximum absolute atomic E-state index is 12.6. The third-order valence-corrected chi connectivity index (χ3v) is 11.5. The molecule has 1 saturated heterocycles. The first-order valence-electron chi connectivity index (χ1n) is 19.2. The van der Waals surface area contributed by atoms with Gasteiger partial charge in [0.25, 0.3) is 0 Å². The van der Waals surface area contributed by atoms with Crippen LogP contribution in [0, 0.1) is 5.92 Å². The molecular weight excluding hydrogens is 662 g/mol. The molecule has 0 aromatic heterocycles. The summed E-state index contributed by atoms with van der Waals surface area (Å²) in [6.07, 6.45) is 6.39. The summed E-state index contributed by atoms with van der Waals surface area (Å²) in [6.45, 7) is 10.1. The van der Waals surface area contributed by atoms with Gasteiger partial charge in [-0.1, -0.05) is 12.5 Å². The van der Waals surface area contributed by atoms with E-state index >= 15 is 0 Å². The van der Waals surface area contributed by atoms with Gasteiger partial charge in [-0.15, -0.1) is 0 Å². The van der Waals surface area contributed by atoms with Crippen molar-refractivity contribution in [1.82, 2.24) is 4.90 Å². The molecule has 1 spiro atoms. The molecule has 1 aromatic carbocycles. The number of methoxy groups -OCH3 is 1. The number of ether oxygens (including phenoxy) is 10. The van der Waals surface area contributed by atoms with E-state index < -0.39 is 11.0 Å². The quantitative estimate of drug-likeness (QED) is 0.129. The zero-order valence-corrected chi connectivity index (χ0v) is 30.6. The number of aliphatic hydroxyl groups is 1. The molecule has 2 aliphatic heterocycles. The second-order valence-corrected chi connectivity index (χ2v) is 14.4. The number of nitrogens with zero attached hydrogens (tertiary/aromatic N) is 1. The maximum Gasteiger partial charge on any atom is 0.165 e. The van der Waals surface area contributed by atoms with Crippen molar-refractivity contribution < 1.29 is 57.6 Å². The molecule has 2 bridgehead atoms. The number of aromatic hydroxyl groups is 1. The Labute approximate surface area is 303 Å². The first-order valence-corrected chi connectivity index (χ1v) is 19.2. The van der Waals surface area contributed by atoms with Crippen LogP contribution in [-0.2, 0) is 54.5 Å². The molecule has 5 atom stereocenters. The van der Waals surface area contributed by atoms with Gasteiger partial charge in [-0.25, -0.2) is 0 Å². The van der Waals surface area contributed by atoms with Gasteiger partial charge in [-0.05, 0) is 62.6 Å². The minimum Gasteiger partial charge on any atom is -0.504 e. The van der Waals surface area contributed by atoms with Crippen molar-refractivity contribution in [2.45, 2.75) is 74.2 Å². The highest BCUT2D eigenvalue weighted by molar-refractivity contribution is 5.62. The molecule has 0 radical (unpaired) electrons. The van der Waals surface area contributed by atoms with Crippen LogP contribution in [0.1, 0.15) is 49.7 Å². The number of piperidine rings is 1. The highest BCUT2D eigenvalue weighted by atomic mass is 16.6. The van der Waals surface area contributed by atoms with Crippen molar-refractivity contribution in [3.63, 3.8) is 0 Å². The van der Waals surface area contributed by atoms with Crippen molar-refractivity contribution in [3.8, 4) is 11.5 Å². The van der Waals surface area contributed by atoms with E-state index in [9.17, 15) is 10.2 Å². The highest BCUT2D eigenvalue weighted by Gasteiger charge is 2.73. The molecule has 6 rings (SSSR count). The number of phenolic OH excluding ortho intramolecular Hbond substituents is 1. The van der Waals surface area contributed by atoms with Gasteiger partial charge in [0.15, 0.2) is 11.5 Å². The van der Waals surface area contributed by atoms with E-state index in [0.29, 0.717) is 124 Å². The molecule has 3 unspecified atom stereocenters. The normalized spacial score (nSPS) is 28.1. The molecular formula is C38H61NO12. The number of likely N-dealkylation sites (tertiary alicyclic amines) is 1. The Morgan fingerprint density at radius 2 is 1.27 bits per heavy atom. The predicted octanol–water partition coefficient (Wildman–Crippen LogP) is 2.49. The fourth-order valence-corrected chi connectivity index (χ4v) is 8.80. The van der Waals surface area contributed by atoms with E-state index in [2.05, 4.69) is 4.90 Å². The van der Waals surface area contributed by atoms with Gasteiger partial charge in [-0.3, -0.25) is 4.90 Å². The standard InChI is InChI=1S/C38H61NO12/c1-42-11-12-43-13-14-44-15-16-45-17-18-46-19-20-47-21-22-48-23-24-49-25-26-50-32-7-8-38(41)33-27-30-5-6-31(40)35-34(30)37(38,36(32)51-35)9-10-39(33)28-29-3-2-4-29/h5-6,29,32-33,36,40-41H,2-4,7-28H2,1H3/t32?,33?,36-,37?,38+/m0/s1. The number of benzene rings is 1. The third kappa shape index (κ3) is 9.20. The lowest BCUT2D eigenvalue weighted by atomic mass is 9.48. The first kappa shape index (κ1) is 39.1. The van der Waals surface area contributed by atoms with E-state index in [0.717, 1.165) is 37.4 Å². The lowest BCUT2D eigenvalue weighted by molar-refractivity contribution is -0.218. The van der Waals surface area contributed by atoms with Crippen LogP contribution >= 0.6 is 0 Å². The molecule has 3 fully saturated rings. The summed E-state index contributed by atoms with van der Waals surface area (Å²) in [7, 11) is 1.65. The molecule has 2 heterocycles. The molecule has 2 saturated carbocycles. The van der Waals surface area contributed by atoms with Crippen LogP contribution in [0.25, 0.3) is 0 Å². The van der Waals surface area contributed by atoms with Gasteiger partial charge in [0.05, 0.1) is 123 Å². The Hall–Kier alpha value is -1.62. The van der Waals surface area contributed by atoms with E-state index in [1.54, 1.807) is 13.2 Å². The monoisotopic (exact) mass is 723 g/mol. The van der Waals surface area contributed by atoms with Crippen molar-refractivity contribution in [2.75, 3.05) is 126 Å². The van der Waals surface area contributed by atoms with Crippen LogP contribution in [-0.4, -0.2) is 165 Å². The summed E-state index contributed by atoms with van der Waals surface area (Å²) < 4.78 is 56.7. The number of hydrogen-bond donors (Lipinski definition) is 2. The van der Waals surface area contributed by atoms with Crippen LogP contribution in [0.15, 0.2) is 12.1 Å². The average molecular weight is 724 g/mol. The summed E-state index contributed by atoms with van der Waals surface area (Å²) in [5.74, 6) is 1.46. The summed E-state index contributed by atoms with van der Waals surface area (Å²) in [5.41, 5.74) is 0.776. The van der Waals surface area contributed by atoms with E-state index in [-0.39, 0.29) is 24.0 Å². The van der Waals surface area contributed by atoms with Crippen LogP contribution in [0.3, 0.4) is 0 Å². The third-order valence-electron chi connectivity index (χ3n) is 11.5. The second-order valence-electron chi connectivity index (χ2n) is 14.4. The Morgan fingerprint density at radius 3 is 1.80 bits per heavy atom. The summed E-state index contributed by atoms with van der Waals surface area (Å²) in [6, 6.07) is 3.87. The van der Waals surface area contributed by atoms with Crippen LogP contribution in [0.5, 0.6) is 11.5 Å². The number of rotatable bonds is 27. The van der Waals surface area contributed by atoms with Gasteiger partial charge in [-0.2, -0.15) is 0 Å². The minimum atomic E-state index is -0.901. The lowest BCUT2D eigenvalue weighted by Crippen LogP contribution is -2.77. The number of hydrogen-bond acceptors (Lipinski definition) is 13. The molecule has 51 heavy (non-hydrogen) atoms. The SMILES string of the molecule is COCCOCCOCCOCCOCCOCCOCCOCCOC1CC[C@@]2(O)C3Cc4ccc(O)c5c4C2(CCN3CC2CCC2)[C@H]1O5. The van der Waals surface area contributed by atoms with Crippen molar-refractivity contribution in [3.05, 3.63) is 23.3 Å². The fraction of sp³-hybridized carbons (Fsp3) is 0.842. The van der Waals surface area contributed by atoms with E-state index in [1.165, 1.54) is 24.8 Å². The zero-order chi connectivity index (χ0) is 35.4. The molecule has 5 aliphatic rings. The maximum atomic E-state index is 12.6. The summed E-state index contributed by atoms with van der Waals surface area (Å²) in [4.78, 5) is 2.57. The second kappa shape index (κ2) is 19.6. The van der Waals surface area contributed by atoms with Gasteiger partial charge >= 0.3 is 0 Å². The molecule has 13 heteroatoms. The molecule has 1 aromatic rings. The molecule has 3 aliphatic carbocycles. The van der Waals surface area contributed by atoms with Gasteiger partial charge in [0.1, 0.15) is 6.10 Å². The lowest BCUT2D eigenvalue weighted by Gasteiger charge is -2.64. The summed E-state index contributed by atoms with van der Waals surface area (Å²) >= 11 is 0. The van der Waals surface area contributed by atoms with Crippen molar-refractivity contribution in [2.24, 2.45) is 5.92 Å². The minimum absolute atomic E-state index is 0.0639. The largest absolute Gasteiger partial charge is 0.504 e. The van der Waals surface area contributed by atoms with Gasteiger partial charge in [0.2, 0.25) is 0 Å². The Balaban J connectivity index is 0.795. The highest BCUT2D eigenvalue weighted by Crippen LogP contribution is 2.65. The van der Waals surface area contributed by atoms with Gasteiger partial charge < -0.3 is 57.6 Å². The molecule has 0 amide bonds. The average Bonchev–Trinajstić information content (AvgIpc) is 3.47. The topological polar surface area (TPSA) is 136 Å². The van der Waals surface area contributed by atoms with Crippen LogP contribution in [0.4, 0.5) is 0 Å². The fourth-order valence-electron chi connectivity index (χ4n) is 8.80. The number of phenols is 1. The first-order chi connectivity index (χ1) is 25.1. The predicted molar refractivity (Wildman–Crippen MR) is 187 cm³/mol. The van der Waals surface area contributed by atoms with Crippen molar-refractivity contribution in [1.29, 1.82) is 0 Å². The Kier molecular flexibility index (Phi) is 15.0. The van der Waals surface area contributed by atoms with E-state index in [4.69, 9.17) is 47.4 Å². The molecule has 2 N–H and O–H groups in total. The molecule has 13 nitrogen and oxygen atoms in total. The Bertz CT molecular complexity index is 1190. The van der Waals surface area contributed by atoms with Crippen molar-refractivity contribution >= 4 is 0 Å². The summed E-state index contributed by atoms with van der Waals surface area (Å²) in [5, 5.41) is 23.5. The molecule has 290 valence electrons. The zero-order valence-electron chi connectivity index (χ0n) is 30.6.